The molecule has 1 unspecified atom stereocenters. The molecular weight excluding hydrogens is 162 g/mol. The largest absolute Gasteiger partial charge is 0.329 e. The molecule has 76 valence electrons. The lowest BCUT2D eigenvalue weighted by molar-refractivity contribution is 0.203. The van der Waals surface area contributed by atoms with Gasteiger partial charge in [0, 0.05) is 31.2 Å². The minimum absolute atomic E-state index is 0.421. The SMILES string of the molecule is CN(C)C1CCN(C2(CN)CC2)C1. The summed E-state index contributed by atoms with van der Waals surface area (Å²) in [5.74, 6) is 0. The molecule has 1 saturated heterocycles. The first kappa shape index (κ1) is 9.44. The van der Waals surface area contributed by atoms with Gasteiger partial charge in [-0.1, -0.05) is 0 Å². The molecule has 1 heterocycles. The summed E-state index contributed by atoms with van der Waals surface area (Å²) >= 11 is 0. The normalized spacial score (nSPS) is 32.8. The summed E-state index contributed by atoms with van der Waals surface area (Å²) in [4.78, 5) is 4.95. The van der Waals surface area contributed by atoms with Gasteiger partial charge in [-0.15, -0.1) is 0 Å². The third-order valence-corrected chi connectivity index (χ3v) is 3.77. The van der Waals surface area contributed by atoms with E-state index in [2.05, 4.69) is 23.9 Å². The molecule has 0 amide bonds. The molecule has 2 fully saturated rings. The fourth-order valence-electron chi connectivity index (χ4n) is 2.39. The van der Waals surface area contributed by atoms with E-state index >= 15 is 0 Å². The average Bonchev–Trinajstić information content (AvgIpc) is 2.75. The van der Waals surface area contributed by atoms with Crippen LogP contribution in [0.4, 0.5) is 0 Å². The van der Waals surface area contributed by atoms with E-state index in [1.807, 2.05) is 0 Å². The molecule has 0 aromatic rings. The highest BCUT2D eigenvalue weighted by molar-refractivity contribution is 5.07. The zero-order valence-electron chi connectivity index (χ0n) is 8.79. The van der Waals surface area contributed by atoms with Gasteiger partial charge < -0.3 is 10.6 Å². The molecule has 3 heteroatoms. The maximum Gasteiger partial charge on any atom is 0.0333 e. The van der Waals surface area contributed by atoms with E-state index in [9.17, 15) is 0 Å². The summed E-state index contributed by atoms with van der Waals surface area (Å²) in [5.41, 5.74) is 6.24. The van der Waals surface area contributed by atoms with Crippen LogP contribution in [0.15, 0.2) is 0 Å². The standard InChI is InChI=1S/C10H21N3/c1-12(2)9-3-6-13(7-9)10(8-11)4-5-10/h9H,3-8,11H2,1-2H3. The minimum Gasteiger partial charge on any atom is -0.329 e. The maximum absolute atomic E-state index is 5.81. The highest BCUT2D eigenvalue weighted by Gasteiger charge is 2.48. The van der Waals surface area contributed by atoms with E-state index in [-0.39, 0.29) is 0 Å². The Hall–Kier alpha value is -0.120. The first-order chi connectivity index (χ1) is 6.18. The fourth-order valence-corrected chi connectivity index (χ4v) is 2.39. The first-order valence-electron chi connectivity index (χ1n) is 5.29. The van der Waals surface area contributed by atoms with Gasteiger partial charge in [0.1, 0.15) is 0 Å². The smallest absolute Gasteiger partial charge is 0.0333 e. The molecule has 2 N–H and O–H groups in total. The van der Waals surface area contributed by atoms with Crippen molar-refractivity contribution in [2.45, 2.75) is 30.8 Å². The minimum atomic E-state index is 0.421. The summed E-state index contributed by atoms with van der Waals surface area (Å²) in [6.07, 6.45) is 3.96. The van der Waals surface area contributed by atoms with Gasteiger partial charge in [-0.2, -0.15) is 0 Å². The Labute approximate surface area is 80.9 Å². The summed E-state index contributed by atoms with van der Waals surface area (Å²) < 4.78 is 0. The molecular formula is C10H21N3. The summed E-state index contributed by atoms with van der Waals surface area (Å²) in [6, 6.07) is 0.754. The molecule has 0 spiro atoms. The molecule has 0 radical (unpaired) electrons. The van der Waals surface area contributed by atoms with E-state index in [0.29, 0.717) is 5.54 Å². The summed E-state index contributed by atoms with van der Waals surface area (Å²) in [6.45, 7) is 3.33. The third kappa shape index (κ3) is 1.60. The van der Waals surface area contributed by atoms with Crippen LogP contribution in [-0.2, 0) is 0 Å². The van der Waals surface area contributed by atoms with Crippen molar-refractivity contribution in [3.63, 3.8) is 0 Å². The zero-order valence-corrected chi connectivity index (χ0v) is 8.79. The van der Waals surface area contributed by atoms with Crippen LogP contribution in [0, 0.1) is 0 Å². The Morgan fingerprint density at radius 3 is 2.54 bits per heavy atom. The van der Waals surface area contributed by atoms with Crippen LogP contribution < -0.4 is 5.73 Å². The topological polar surface area (TPSA) is 32.5 Å². The second kappa shape index (κ2) is 3.23. The lowest BCUT2D eigenvalue weighted by atomic mass is 10.2. The number of hydrogen-bond acceptors (Lipinski definition) is 3. The maximum atomic E-state index is 5.81. The third-order valence-electron chi connectivity index (χ3n) is 3.77. The number of nitrogens with zero attached hydrogens (tertiary/aromatic N) is 2. The van der Waals surface area contributed by atoms with E-state index in [4.69, 9.17) is 5.73 Å². The van der Waals surface area contributed by atoms with E-state index < -0.39 is 0 Å². The molecule has 1 saturated carbocycles. The van der Waals surface area contributed by atoms with Crippen LogP contribution in [0.5, 0.6) is 0 Å². The fraction of sp³-hybridized carbons (Fsp3) is 1.00. The van der Waals surface area contributed by atoms with Crippen molar-refractivity contribution in [1.29, 1.82) is 0 Å². The van der Waals surface area contributed by atoms with Crippen molar-refractivity contribution in [3.8, 4) is 0 Å². The molecule has 1 aliphatic heterocycles. The lowest BCUT2D eigenvalue weighted by Crippen LogP contribution is -2.43. The molecule has 2 aliphatic rings. The van der Waals surface area contributed by atoms with Crippen LogP contribution in [-0.4, -0.2) is 55.1 Å². The molecule has 3 nitrogen and oxygen atoms in total. The van der Waals surface area contributed by atoms with Crippen molar-refractivity contribution in [3.05, 3.63) is 0 Å². The Kier molecular flexibility index (Phi) is 2.34. The summed E-state index contributed by atoms with van der Waals surface area (Å²) in [7, 11) is 4.35. The predicted molar refractivity (Wildman–Crippen MR) is 54.7 cm³/mol. The van der Waals surface area contributed by atoms with Gasteiger partial charge in [-0.25, -0.2) is 0 Å². The molecule has 0 bridgehead atoms. The predicted octanol–water partition coefficient (Wildman–Crippen LogP) is 0.114. The van der Waals surface area contributed by atoms with Gasteiger partial charge in [0.25, 0.3) is 0 Å². The molecule has 1 atom stereocenters. The van der Waals surface area contributed by atoms with Crippen molar-refractivity contribution < 1.29 is 0 Å². The van der Waals surface area contributed by atoms with Gasteiger partial charge in [0.05, 0.1) is 0 Å². The number of nitrogens with two attached hydrogens (primary N) is 1. The van der Waals surface area contributed by atoms with Gasteiger partial charge in [-0.05, 0) is 33.4 Å². The van der Waals surface area contributed by atoms with Crippen LogP contribution in [0.2, 0.25) is 0 Å². The Balaban J connectivity index is 1.91. The van der Waals surface area contributed by atoms with Crippen LogP contribution in [0.1, 0.15) is 19.3 Å². The molecule has 13 heavy (non-hydrogen) atoms. The van der Waals surface area contributed by atoms with Gasteiger partial charge in [-0.3, -0.25) is 4.90 Å². The van der Waals surface area contributed by atoms with Gasteiger partial charge in [0.15, 0.2) is 0 Å². The molecule has 0 aromatic heterocycles. The second-order valence-electron chi connectivity index (χ2n) is 4.78. The Morgan fingerprint density at radius 2 is 2.15 bits per heavy atom. The van der Waals surface area contributed by atoms with Crippen LogP contribution in [0.3, 0.4) is 0 Å². The quantitative estimate of drug-likeness (QED) is 0.674. The number of rotatable bonds is 3. The Bertz CT molecular complexity index is 187. The molecule has 1 aliphatic carbocycles. The highest BCUT2D eigenvalue weighted by atomic mass is 15.3. The number of hydrogen-bond donors (Lipinski definition) is 1. The van der Waals surface area contributed by atoms with Crippen LogP contribution in [0.25, 0.3) is 0 Å². The number of likely N-dealkylation sites (N-methyl/N-ethyl adjacent to an activating group) is 1. The lowest BCUT2D eigenvalue weighted by Gasteiger charge is -2.27. The first-order valence-corrected chi connectivity index (χ1v) is 5.29. The van der Waals surface area contributed by atoms with E-state index in [1.54, 1.807) is 0 Å². The van der Waals surface area contributed by atoms with Gasteiger partial charge in [0.2, 0.25) is 0 Å². The molecule has 2 rings (SSSR count). The molecule has 0 aromatic carbocycles. The second-order valence-corrected chi connectivity index (χ2v) is 4.78. The van der Waals surface area contributed by atoms with Crippen molar-refractivity contribution in [2.24, 2.45) is 5.73 Å². The van der Waals surface area contributed by atoms with E-state index in [1.165, 1.54) is 32.4 Å². The van der Waals surface area contributed by atoms with Crippen LogP contribution >= 0.6 is 0 Å². The van der Waals surface area contributed by atoms with Crippen molar-refractivity contribution in [1.82, 2.24) is 9.80 Å². The zero-order chi connectivity index (χ0) is 9.47. The number of likely N-dealkylation sites (tertiary alicyclic amines) is 1. The monoisotopic (exact) mass is 183 g/mol. The van der Waals surface area contributed by atoms with Crippen molar-refractivity contribution in [2.75, 3.05) is 33.7 Å². The highest BCUT2D eigenvalue weighted by Crippen LogP contribution is 2.42. The van der Waals surface area contributed by atoms with Gasteiger partial charge >= 0.3 is 0 Å². The van der Waals surface area contributed by atoms with Crippen molar-refractivity contribution >= 4 is 0 Å². The van der Waals surface area contributed by atoms with E-state index in [0.717, 1.165) is 12.6 Å². The Morgan fingerprint density at radius 1 is 1.46 bits per heavy atom. The summed E-state index contributed by atoms with van der Waals surface area (Å²) in [5, 5.41) is 0. The average molecular weight is 183 g/mol.